The molecule has 122 valence electrons. The van der Waals surface area contributed by atoms with Gasteiger partial charge in [-0.2, -0.15) is 4.31 Å². The molecule has 1 aliphatic heterocycles. The first-order valence-electron chi connectivity index (χ1n) is 7.43. The summed E-state index contributed by atoms with van der Waals surface area (Å²) >= 11 is 0. The van der Waals surface area contributed by atoms with Gasteiger partial charge in [0.15, 0.2) is 0 Å². The van der Waals surface area contributed by atoms with E-state index in [-0.39, 0.29) is 10.8 Å². The van der Waals surface area contributed by atoms with E-state index in [1.54, 1.807) is 29.2 Å². The van der Waals surface area contributed by atoms with Crippen molar-refractivity contribution in [1.82, 2.24) is 9.21 Å². The number of amides is 1. The quantitative estimate of drug-likeness (QED) is 0.837. The summed E-state index contributed by atoms with van der Waals surface area (Å²) in [5.41, 5.74) is 0. The summed E-state index contributed by atoms with van der Waals surface area (Å²) in [4.78, 5) is 13.4. The smallest absolute Gasteiger partial charge is 0.243 e. The molecule has 6 nitrogen and oxygen atoms in total. The first-order chi connectivity index (χ1) is 10.4. The molecule has 0 aromatic heterocycles. The molecule has 0 aliphatic carbocycles. The van der Waals surface area contributed by atoms with Crippen LogP contribution >= 0.6 is 0 Å². The minimum atomic E-state index is -3.53. The summed E-state index contributed by atoms with van der Waals surface area (Å²) in [5.74, 6) is 0.639. The summed E-state index contributed by atoms with van der Waals surface area (Å²) in [6.07, 6.45) is 0.649. The molecule has 0 N–H and O–H groups in total. The normalized spacial score (nSPS) is 17.1. The lowest BCUT2D eigenvalue weighted by Crippen LogP contribution is -2.36. The van der Waals surface area contributed by atoms with Gasteiger partial charge in [-0.05, 0) is 37.6 Å². The summed E-state index contributed by atoms with van der Waals surface area (Å²) in [6.45, 7) is 5.73. The number of benzene rings is 1. The highest BCUT2D eigenvalue weighted by atomic mass is 32.2. The zero-order valence-electron chi connectivity index (χ0n) is 13.0. The number of hydrogen-bond acceptors (Lipinski definition) is 4. The van der Waals surface area contributed by atoms with Crippen LogP contribution in [0.5, 0.6) is 5.75 Å². The number of hydrogen-bond donors (Lipinski definition) is 0. The van der Waals surface area contributed by atoms with Gasteiger partial charge in [0.1, 0.15) is 5.75 Å². The Bertz CT molecular complexity index is 613. The molecule has 1 amide bonds. The fourth-order valence-electron chi connectivity index (χ4n) is 2.47. The predicted molar refractivity (Wildman–Crippen MR) is 83.2 cm³/mol. The van der Waals surface area contributed by atoms with Gasteiger partial charge >= 0.3 is 0 Å². The van der Waals surface area contributed by atoms with E-state index in [2.05, 4.69) is 0 Å². The van der Waals surface area contributed by atoms with Crippen molar-refractivity contribution in [2.75, 3.05) is 32.8 Å². The van der Waals surface area contributed by atoms with E-state index in [9.17, 15) is 13.2 Å². The van der Waals surface area contributed by atoms with Gasteiger partial charge < -0.3 is 9.64 Å². The molecule has 7 heteroatoms. The molecule has 0 saturated carbocycles. The van der Waals surface area contributed by atoms with E-state index in [0.29, 0.717) is 45.0 Å². The van der Waals surface area contributed by atoms with Crippen molar-refractivity contribution in [3.8, 4) is 5.75 Å². The van der Waals surface area contributed by atoms with E-state index in [4.69, 9.17) is 4.74 Å². The molecule has 1 heterocycles. The molecule has 1 fully saturated rings. The second-order valence-electron chi connectivity index (χ2n) is 5.17. The van der Waals surface area contributed by atoms with Crippen LogP contribution in [-0.2, 0) is 14.8 Å². The fourth-order valence-corrected chi connectivity index (χ4v) is 3.94. The Labute approximate surface area is 131 Å². The van der Waals surface area contributed by atoms with Crippen LogP contribution in [0.2, 0.25) is 0 Å². The van der Waals surface area contributed by atoms with Crippen molar-refractivity contribution in [1.29, 1.82) is 0 Å². The minimum absolute atomic E-state index is 0.0136. The number of ether oxygens (including phenoxy) is 1. The van der Waals surface area contributed by atoms with Crippen molar-refractivity contribution >= 4 is 15.9 Å². The standard InChI is InChI=1S/C15H22N2O4S/c1-3-21-14-5-7-15(8-6-14)22(19,20)17-10-4-9-16(11-12-17)13(2)18/h5-8H,3-4,9-12H2,1-2H3. The van der Waals surface area contributed by atoms with Crippen LogP contribution in [0.15, 0.2) is 29.2 Å². The van der Waals surface area contributed by atoms with E-state index in [1.807, 2.05) is 6.92 Å². The third kappa shape index (κ3) is 3.78. The average molecular weight is 326 g/mol. The van der Waals surface area contributed by atoms with Crippen LogP contribution in [0.4, 0.5) is 0 Å². The zero-order valence-corrected chi connectivity index (χ0v) is 13.8. The molecule has 2 rings (SSSR count). The average Bonchev–Trinajstić information content (AvgIpc) is 2.74. The lowest BCUT2D eigenvalue weighted by atomic mass is 10.3. The molecule has 1 saturated heterocycles. The number of carbonyl (C=O) groups is 1. The highest BCUT2D eigenvalue weighted by Gasteiger charge is 2.27. The van der Waals surface area contributed by atoms with Gasteiger partial charge in [-0.15, -0.1) is 0 Å². The van der Waals surface area contributed by atoms with Gasteiger partial charge in [0.05, 0.1) is 11.5 Å². The third-order valence-electron chi connectivity index (χ3n) is 3.67. The Kier molecular flexibility index (Phi) is 5.42. The van der Waals surface area contributed by atoms with Crippen LogP contribution in [0.25, 0.3) is 0 Å². The summed E-state index contributed by atoms with van der Waals surface area (Å²) < 4.78 is 32.1. The van der Waals surface area contributed by atoms with Gasteiger partial charge in [0.2, 0.25) is 15.9 Å². The van der Waals surface area contributed by atoms with E-state index >= 15 is 0 Å². The third-order valence-corrected chi connectivity index (χ3v) is 5.59. The van der Waals surface area contributed by atoms with Gasteiger partial charge in [0, 0.05) is 33.1 Å². The van der Waals surface area contributed by atoms with E-state index in [0.717, 1.165) is 0 Å². The molecule has 0 bridgehead atoms. The second-order valence-corrected chi connectivity index (χ2v) is 7.11. The van der Waals surface area contributed by atoms with Crippen molar-refractivity contribution in [3.05, 3.63) is 24.3 Å². The van der Waals surface area contributed by atoms with Crippen LogP contribution in [0.3, 0.4) is 0 Å². The monoisotopic (exact) mass is 326 g/mol. The lowest BCUT2D eigenvalue weighted by Gasteiger charge is -2.21. The second kappa shape index (κ2) is 7.11. The van der Waals surface area contributed by atoms with Crippen molar-refractivity contribution < 1.29 is 17.9 Å². The Hall–Kier alpha value is -1.60. The van der Waals surface area contributed by atoms with Gasteiger partial charge in [-0.25, -0.2) is 8.42 Å². The molecule has 1 aliphatic rings. The maximum atomic E-state index is 12.7. The maximum Gasteiger partial charge on any atom is 0.243 e. The molecule has 0 unspecified atom stereocenters. The molecule has 1 aromatic rings. The van der Waals surface area contributed by atoms with Crippen LogP contribution < -0.4 is 4.74 Å². The van der Waals surface area contributed by atoms with Crippen LogP contribution in [-0.4, -0.2) is 56.3 Å². The zero-order chi connectivity index (χ0) is 16.2. The van der Waals surface area contributed by atoms with Gasteiger partial charge in [-0.1, -0.05) is 0 Å². The number of rotatable bonds is 4. The summed E-state index contributed by atoms with van der Waals surface area (Å²) in [6, 6.07) is 6.45. The van der Waals surface area contributed by atoms with Gasteiger partial charge in [-0.3, -0.25) is 4.79 Å². The molecule has 0 atom stereocenters. The molecule has 0 spiro atoms. The molecule has 1 aromatic carbocycles. The van der Waals surface area contributed by atoms with Gasteiger partial charge in [0.25, 0.3) is 0 Å². The molecule has 0 radical (unpaired) electrons. The van der Waals surface area contributed by atoms with Crippen molar-refractivity contribution in [2.24, 2.45) is 0 Å². The number of sulfonamides is 1. The molecular formula is C15H22N2O4S. The number of carbonyl (C=O) groups excluding carboxylic acids is 1. The largest absolute Gasteiger partial charge is 0.494 e. The maximum absolute atomic E-state index is 12.7. The first kappa shape index (κ1) is 16.8. The fraction of sp³-hybridized carbons (Fsp3) is 0.533. The predicted octanol–water partition coefficient (Wildman–Crippen LogP) is 1.33. The minimum Gasteiger partial charge on any atom is -0.494 e. The van der Waals surface area contributed by atoms with Crippen LogP contribution in [0.1, 0.15) is 20.3 Å². The van der Waals surface area contributed by atoms with E-state index in [1.165, 1.54) is 11.2 Å². The topological polar surface area (TPSA) is 66.9 Å². The summed E-state index contributed by atoms with van der Waals surface area (Å²) in [7, 11) is -3.53. The highest BCUT2D eigenvalue weighted by molar-refractivity contribution is 7.89. The Morgan fingerprint density at radius 1 is 1.14 bits per heavy atom. The van der Waals surface area contributed by atoms with E-state index < -0.39 is 10.0 Å². The van der Waals surface area contributed by atoms with Crippen molar-refractivity contribution in [3.63, 3.8) is 0 Å². The highest BCUT2D eigenvalue weighted by Crippen LogP contribution is 2.21. The Morgan fingerprint density at radius 2 is 1.82 bits per heavy atom. The van der Waals surface area contributed by atoms with Crippen molar-refractivity contribution in [2.45, 2.75) is 25.2 Å². The Morgan fingerprint density at radius 3 is 2.41 bits per heavy atom. The summed E-state index contributed by atoms with van der Waals surface area (Å²) in [5, 5.41) is 0. The molecular weight excluding hydrogens is 304 g/mol. The lowest BCUT2D eigenvalue weighted by molar-refractivity contribution is -0.128. The van der Waals surface area contributed by atoms with Crippen LogP contribution in [0, 0.1) is 0 Å². The number of nitrogens with zero attached hydrogens (tertiary/aromatic N) is 2. The Balaban J connectivity index is 2.14. The first-order valence-corrected chi connectivity index (χ1v) is 8.87. The molecule has 22 heavy (non-hydrogen) atoms. The SMILES string of the molecule is CCOc1ccc(S(=O)(=O)N2CCCN(C(C)=O)CC2)cc1.